The maximum Gasteiger partial charge on any atom is 0.441 e. The number of halogens is 3. The first kappa shape index (κ1) is 11.6. The minimum Gasteiger partial charge on any atom is -0.313 e. The molecule has 0 spiro atoms. The zero-order valence-electron chi connectivity index (χ0n) is 8.57. The molecule has 2 fully saturated rings. The van der Waals surface area contributed by atoms with Crippen molar-refractivity contribution < 1.29 is 13.2 Å². The van der Waals surface area contributed by atoms with E-state index in [-0.39, 0.29) is 22.9 Å². The highest BCUT2D eigenvalue weighted by Crippen LogP contribution is 2.50. The zero-order valence-corrected chi connectivity index (χ0v) is 9.39. The normalized spacial score (nSPS) is 24.2. The number of hydrogen-bond acceptors (Lipinski definition) is 2. The molecule has 5 heteroatoms. The summed E-state index contributed by atoms with van der Waals surface area (Å²) in [6.07, 6.45) is 5.40. The summed E-state index contributed by atoms with van der Waals surface area (Å²) in [6.45, 7) is 0.927. The van der Waals surface area contributed by atoms with Crippen LogP contribution in [-0.4, -0.2) is 23.8 Å². The quantitative estimate of drug-likeness (QED) is 0.764. The lowest BCUT2D eigenvalue weighted by Crippen LogP contribution is -2.26. The van der Waals surface area contributed by atoms with Gasteiger partial charge in [-0.05, 0) is 37.5 Å². The van der Waals surface area contributed by atoms with Crippen LogP contribution in [0.2, 0.25) is 0 Å². The van der Waals surface area contributed by atoms with Crippen molar-refractivity contribution in [3.8, 4) is 0 Å². The summed E-state index contributed by atoms with van der Waals surface area (Å²) in [5.41, 5.74) is -3.85. The van der Waals surface area contributed by atoms with E-state index >= 15 is 0 Å². The second-order valence-electron chi connectivity index (χ2n) is 4.70. The first-order chi connectivity index (χ1) is 6.99. The van der Waals surface area contributed by atoms with Crippen LogP contribution in [0.15, 0.2) is 0 Å². The average Bonchev–Trinajstić information content (AvgIpc) is 2.96. The fourth-order valence-corrected chi connectivity index (χ4v) is 2.49. The highest BCUT2D eigenvalue weighted by atomic mass is 32.2. The largest absolute Gasteiger partial charge is 0.441 e. The van der Waals surface area contributed by atoms with E-state index < -0.39 is 5.51 Å². The number of alkyl halides is 3. The highest BCUT2D eigenvalue weighted by molar-refractivity contribution is 8.00. The third kappa shape index (κ3) is 4.23. The maximum atomic E-state index is 11.9. The van der Waals surface area contributed by atoms with E-state index in [1.54, 1.807) is 0 Å². The fraction of sp³-hybridized carbons (Fsp3) is 1.00. The molecule has 2 aliphatic rings. The molecule has 0 aromatic rings. The van der Waals surface area contributed by atoms with Gasteiger partial charge >= 0.3 is 5.51 Å². The standard InChI is InChI=1S/C10H16F3NS/c11-10(12,13)15-6-5-9(3-4-9)7-14-8-1-2-8/h8,14H,1-7H2. The van der Waals surface area contributed by atoms with Crippen LogP contribution >= 0.6 is 11.8 Å². The van der Waals surface area contributed by atoms with Gasteiger partial charge in [0.15, 0.2) is 0 Å². The van der Waals surface area contributed by atoms with Crippen molar-refractivity contribution in [2.45, 2.75) is 43.7 Å². The van der Waals surface area contributed by atoms with Crippen LogP contribution in [0.1, 0.15) is 32.1 Å². The Morgan fingerprint density at radius 3 is 2.40 bits per heavy atom. The molecular weight excluding hydrogens is 223 g/mol. The van der Waals surface area contributed by atoms with Gasteiger partial charge < -0.3 is 5.32 Å². The summed E-state index contributed by atoms with van der Waals surface area (Å²) in [5, 5.41) is 3.42. The van der Waals surface area contributed by atoms with Crippen LogP contribution in [0.3, 0.4) is 0 Å². The van der Waals surface area contributed by atoms with E-state index in [1.807, 2.05) is 0 Å². The van der Waals surface area contributed by atoms with Crippen LogP contribution in [0, 0.1) is 5.41 Å². The van der Waals surface area contributed by atoms with Crippen LogP contribution < -0.4 is 5.32 Å². The minimum absolute atomic E-state index is 0.123. The molecule has 0 aromatic heterocycles. The SMILES string of the molecule is FC(F)(F)SCCC1(CNC2CC2)CC1. The van der Waals surface area contributed by atoms with E-state index in [4.69, 9.17) is 0 Å². The predicted octanol–water partition coefficient (Wildman–Crippen LogP) is 3.16. The highest BCUT2D eigenvalue weighted by Gasteiger charge is 2.43. The van der Waals surface area contributed by atoms with Crippen LogP contribution in [0.25, 0.3) is 0 Å². The van der Waals surface area contributed by atoms with Crippen molar-refractivity contribution in [1.29, 1.82) is 0 Å². The fourth-order valence-electron chi connectivity index (χ4n) is 1.72. The summed E-state index contributed by atoms with van der Waals surface area (Å²) in [4.78, 5) is 0. The van der Waals surface area contributed by atoms with E-state index in [0.717, 1.165) is 19.4 Å². The Balaban J connectivity index is 1.60. The van der Waals surface area contributed by atoms with Crippen molar-refractivity contribution in [3.63, 3.8) is 0 Å². The van der Waals surface area contributed by atoms with Crippen molar-refractivity contribution in [1.82, 2.24) is 5.32 Å². The molecule has 2 rings (SSSR count). The van der Waals surface area contributed by atoms with Gasteiger partial charge in [0.1, 0.15) is 0 Å². The molecule has 0 atom stereocenters. The lowest BCUT2D eigenvalue weighted by Gasteiger charge is -2.15. The molecular formula is C10H16F3NS. The first-order valence-electron chi connectivity index (χ1n) is 5.43. The van der Waals surface area contributed by atoms with Crippen molar-refractivity contribution in [2.75, 3.05) is 12.3 Å². The molecule has 0 heterocycles. The van der Waals surface area contributed by atoms with Gasteiger partial charge in [-0.15, -0.1) is 0 Å². The van der Waals surface area contributed by atoms with Gasteiger partial charge in [0.05, 0.1) is 0 Å². The van der Waals surface area contributed by atoms with Crippen molar-refractivity contribution >= 4 is 11.8 Å². The summed E-state index contributed by atoms with van der Waals surface area (Å²) in [5.74, 6) is 0.218. The lowest BCUT2D eigenvalue weighted by molar-refractivity contribution is -0.0328. The second kappa shape index (κ2) is 4.17. The van der Waals surface area contributed by atoms with Crippen LogP contribution in [-0.2, 0) is 0 Å². The van der Waals surface area contributed by atoms with Gasteiger partial charge in [0.25, 0.3) is 0 Å². The van der Waals surface area contributed by atoms with E-state index in [9.17, 15) is 13.2 Å². The number of rotatable bonds is 6. The summed E-state index contributed by atoms with van der Waals surface area (Å²) in [6, 6.07) is 0.665. The Kier molecular flexibility index (Phi) is 3.22. The Hall–Kier alpha value is 0.1000. The van der Waals surface area contributed by atoms with Gasteiger partial charge in [-0.1, -0.05) is 11.8 Å². The smallest absolute Gasteiger partial charge is 0.313 e. The Morgan fingerprint density at radius 2 is 1.93 bits per heavy atom. The molecule has 2 aliphatic carbocycles. The van der Waals surface area contributed by atoms with E-state index in [2.05, 4.69) is 5.32 Å². The number of hydrogen-bond donors (Lipinski definition) is 1. The minimum atomic E-state index is -4.06. The predicted molar refractivity (Wildman–Crippen MR) is 55.8 cm³/mol. The van der Waals surface area contributed by atoms with Crippen molar-refractivity contribution in [3.05, 3.63) is 0 Å². The molecule has 0 saturated heterocycles. The molecule has 0 unspecified atom stereocenters. The molecule has 1 nitrogen and oxygen atoms in total. The molecule has 2 saturated carbocycles. The molecule has 0 aromatic carbocycles. The van der Waals surface area contributed by atoms with Gasteiger partial charge in [-0.3, -0.25) is 0 Å². The maximum absolute atomic E-state index is 11.9. The molecule has 88 valence electrons. The van der Waals surface area contributed by atoms with Gasteiger partial charge in [0.2, 0.25) is 0 Å². The number of thioether (sulfide) groups is 1. The van der Waals surface area contributed by atoms with Crippen molar-refractivity contribution in [2.24, 2.45) is 5.41 Å². The third-order valence-corrected chi connectivity index (χ3v) is 3.93. The topological polar surface area (TPSA) is 12.0 Å². The lowest BCUT2D eigenvalue weighted by atomic mass is 10.0. The third-order valence-electron chi connectivity index (χ3n) is 3.20. The summed E-state index contributed by atoms with van der Waals surface area (Å²) >= 11 is 0.123. The van der Waals surface area contributed by atoms with Gasteiger partial charge in [-0.2, -0.15) is 13.2 Å². The molecule has 0 aliphatic heterocycles. The summed E-state index contributed by atoms with van der Waals surface area (Å²) < 4.78 is 35.8. The second-order valence-corrected chi connectivity index (χ2v) is 5.86. The zero-order chi connectivity index (χ0) is 10.9. The van der Waals surface area contributed by atoms with Crippen LogP contribution in [0.5, 0.6) is 0 Å². The molecule has 1 N–H and O–H groups in total. The van der Waals surface area contributed by atoms with E-state index in [0.29, 0.717) is 12.5 Å². The Morgan fingerprint density at radius 1 is 1.27 bits per heavy atom. The van der Waals surface area contributed by atoms with E-state index in [1.165, 1.54) is 12.8 Å². The first-order valence-corrected chi connectivity index (χ1v) is 6.42. The Bertz CT molecular complexity index is 221. The number of nitrogens with one attached hydrogen (secondary N) is 1. The summed E-state index contributed by atoms with van der Waals surface area (Å²) in [7, 11) is 0. The molecule has 0 amide bonds. The molecule has 0 radical (unpaired) electrons. The monoisotopic (exact) mass is 239 g/mol. The Labute approximate surface area is 92.2 Å². The van der Waals surface area contributed by atoms with Crippen LogP contribution in [0.4, 0.5) is 13.2 Å². The average molecular weight is 239 g/mol. The van der Waals surface area contributed by atoms with Gasteiger partial charge in [-0.25, -0.2) is 0 Å². The molecule has 0 bridgehead atoms. The molecule has 15 heavy (non-hydrogen) atoms. The van der Waals surface area contributed by atoms with Gasteiger partial charge in [0, 0.05) is 18.3 Å².